The molecule has 0 saturated heterocycles. The van der Waals surface area contributed by atoms with Gasteiger partial charge in [0.2, 0.25) is 0 Å². The van der Waals surface area contributed by atoms with Crippen LogP contribution in [0.4, 0.5) is 0 Å². The van der Waals surface area contributed by atoms with E-state index in [2.05, 4.69) is 0 Å². The van der Waals surface area contributed by atoms with E-state index in [4.69, 9.17) is 20.8 Å². The zero-order valence-electron chi connectivity index (χ0n) is 10.8. The van der Waals surface area contributed by atoms with Gasteiger partial charge in [0.05, 0.1) is 6.10 Å². The lowest BCUT2D eigenvalue weighted by Gasteiger charge is -2.11. The fourth-order valence-corrected chi connectivity index (χ4v) is 2.00. The molecule has 0 saturated carbocycles. The lowest BCUT2D eigenvalue weighted by atomic mass is 10.1. The van der Waals surface area contributed by atoms with Gasteiger partial charge in [-0.15, -0.1) is 11.6 Å². The van der Waals surface area contributed by atoms with Crippen molar-refractivity contribution in [3.05, 3.63) is 53.5 Å². The molecule has 1 aromatic carbocycles. The number of ether oxygens (including phenoxy) is 1. The standard InChI is InChI=1S/C15H17ClO2/c1-10(2)17-13-7-5-12(6-8-13)15(16)14-9-4-11(3)18-14/h4-10,15H,1-3H3. The fourth-order valence-electron chi connectivity index (χ4n) is 1.74. The summed E-state index contributed by atoms with van der Waals surface area (Å²) in [5, 5.41) is -0.258. The van der Waals surface area contributed by atoms with Gasteiger partial charge in [0.1, 0.15) is 22.6 Å². The van der Waals surface area contributed by atoms with Crippen molar-refractivity contribution in [3.63, 3.8) is 0 Å². The Kier molecular flexibility index (Phi) is 3.97. The van der Waals surface area contributed by atoms with Gasteiger partial charge in [-0.25, -0.2) is 0 Å². The van der Waals surface area contributed by atoms with E-state index in [0.29, 0.717) is 0 Å². The number of benzene rings is 1. The van der Waals surface area contributed by atoms with Crippen molar-refractivity contribution in [2.75, 3.05) is 0 Å². The first-order valence-corrected chi connectivity index (χ1v) is 6.47. The topological polar surface area (TPSA) is 22.4 Å². The highest BCUT2D eigenvalue weighted by molar-refractivity contribution is 6.22. The minimum Gasteiger partial charge on any atom is -0.491 e. The van der Waals surface area contributed by atoms with Crippen molar-refractivity contribution in [2.45, 2.75) is 32.3 Å². The van der Waals surface area contributed by atoms with E-state index in [1.54, 1.807) is 0 Å². The quantitative estimate of drug-likeness (QED) is 0.747. The van der Waals surface area contributed by atoms with Crippen LogP contribution in [0, 0.1) is 6.92 Å². The summed E-state index contributed by atoms with van der Waals surface area (Å²) >= 11 is 6.37. The summed E-state index contributed by atoms with van der Waals surface area (Å²) in [7, 11) is 0. The summed E-state index contributed by atoms with van der Waals surface area (Å²) in [4.78, 5) is 0. The molecule has 0 spiro atoms. The minimum absolute atomic E-state index is 0.176. The van der Waals surface area contributed by atoms with Crippen LogP contribution in [0.5, 0.6) is 5.75 Å². The zero-order chi connectivity index (χ0) is 13.1. The second-order valence-electron chi connectivity index (χ2n) is 4.55. The molecule has 0 bridgehead atoms. The van der Waals surface area contributed by atoms with Gasteiger partial charge >= 0.3 is 0 Å². The molecule has 0 fully saturated rings. The summed E-state index contributed by atoms with van der Waals surface area (Å²) in [6.45, 7) is 5.92. The van der Waals surface area contributed by atoms with Crippen LogP contribution in [0.3, 0.4) is 0 Å². The average molecular weight is 265 g/mol. The second-order valence-corrected chi connectivity index (χ2v) is 4.98. The molecule has 3 heteroatoms. The first-order chi connectivity index (χ1) is 8.56. The van der Waals surface area contributed by atoms with Crippen LogP contribution in [0.25, 0.3) is 0 Å². The number of aryl methyl sites for hydroxylation is 1. The van der Waals surface area contributed by atoms with Gasteiger partial charge in [-0.1, -0.05) is 12.1 Å². The lowest BCUT2D eigenvalue weighted by molar-refractivity contribution is 0.242. The molecule has 2 nitrogen and oxygen atoms in total. The largest absolute Gasteiger partial charge is 0.491 e. The molecule has 0 aliphatic heterocycles. The summed E-state index contributed by atoms with van der Waals surface area (Å²) in [6, 6.07) is 11.6. The Balaban J connectivity index is 2.14. The van der Waals surface area contributed by atoms with Gasteiger partial charge < -0.3 is 9.15 Å². The smallest absolute Gasteiger partial charge is 0.126 e. The van der Waals surface area contributed by atoms with E-state index in [1.807, 2.05) is 57.2 Å². The first-order valence-electron chi connectivity index (χ1n) is 6.03. The first kappa shape index (κ1) is 13.0. The predicted octanol–water partition coefficient (Wildman–Crippen LogP) is 4.70. The van der Waals surface area contributed by atoms with Gasteiger partial charge in [0.15, 0.2) is 0 Å². The highest BCUT2D eigenvalue weighted by atomic mass is 35.5. The highest BCUT2D eigenvalue weighted by Gasteiger charge is 2.14. The molecule has 0 aliphatic carbocycles. The molecule has 0 N–H and O–H groups in total. The van der Waals surface area contributed by atoms with E-state index in [0.717, 1.165) is 22.8 Å². The molecule has 1 unspecified atom stereocenters. The van der Waals surface area contributed by atoms with Crippen LogP contribution in [0.1, 0.15) is 36.3 Å². The van der Waals surface area contributed by atoms with Crippen molar-refractivity contribution in [3.8, 4) is 5.75 Å². The van der Waals surface area contributed by atoms with Gasteiger partial charge in [-0.05, 0) is 50.6 Å². The molecule has 0 radical (unpaired) electrons. The van der Waals surface area contributed by atoms with E-state index in [1.165, 1.54) is 0 Å². The van der Waals surface area contributed by atoms with Crippen LogP contribution < -0.4 is 4.74 Å². The van der Waals surface area contributed by atoms with Crippen molar-refractivity contribution >= 4 is 11.6 Å². The number of hydrogen-bond acceptors (Lipinski definition) is 2. The minimum atomic E-state index is -0.258. The van der Waals surface area contributed by atoms with Crippen LogP contribution >= 0.6 is 11.6 Å². The molecule has 2 aromatic rings. The summed E-state index contributed by atoms with van der Waals surface area (Å²) in [5.74, 6) is 2.50. The van der Waals surface area contributed by atoms with Crippen LogP contribution in [-0.4, -0.2) is 6.10 Å². The molecular formula is C15H17ClO2. The van der Waals surface area contributed by atoms with Crippen molar-refractivity contribution < 1.29 is 9.15 Å². The van der Waals surface area contributed by atoms with E-state index in [9.17, 15) is 0 Å². The Morgan fingerprint density at radius 1 is 1.06 bits per heavy atom. The van der Waals surface area contributed by atoms with Gasteiger partial charge in [0, 0.05) is 0 Å². The molecule has 2 rings (SSSR count). The van der Waals surface area contributed by atoms with Crippen molar-refractivity contribution in [1.82, 2.24) is 0 Å². The van der Waals surface area contributed by atoms with Crippen LogP contribution in [-0.2, 0) is 0 Å². The molecule has 1 atom stereocenters. The fraction of sp³-hybridized carbons (Fsp3) is 0.333. The van der Waals surface area contributed by atoms with Gasteiger partial charge in [0.25, 0.3) is 0 Å². The molecule has 1 aromatic heterocycles. The van der Waals surface area contributed by atoms with Gasteiger partial charge in [-0.2, -0.15) is 0 Å². The number of hydrogen-bond donors (Lipinski definition) is 0. The Morgan fingerprint density at radius 2 is 1.72 bits per heavy atom. The van der Waals surface area contributed by atoms with Crippen molar-refractivity contribution in [1.29, 1.82) is 0 Å². The third-order valence-corrected chi connectivity index (χ3v) is 3.02. The molecule has 96 valence electrons. The molecule has 0 aliphatic rings. The highest BCUT2D eigenvalue weighted by Crippen LogP contribution is 2.31. The van der Waals surface area contributed by atoms with E-state index < -0.39 is 0 Å². The number of alkyl halides is 1. The zero-order valence-corrected chi connectivity index (χ0v) is 11.6. The maximum Gasteiger partial charge on any atom is 0.126 e. The molecular weight excluding hydrogens is 248 g/mol. The van der Waals surface area contributed by atoms with Gasteiger partial charge in [-0.3, -0.25) is 0 Å². The lowest BCUT2D eigenvalue weighted by Crippen LogP contribution is -2.05. The Bertz CT molecular complexity index is 499. The molecule has 18 heavy (non-hydrogen) atoms. The average Bonchev–Trinajstić information content (AvgIpc) is 2.75. The SMILES string of the molecule is Cc1ccc(C(Cl)c2ccc(OC(C)C)cc2)o1. The number of halogens is 1. The predicted molar refractivity (Wildman–Crippen MR) is 73.3 cm³/mol. The van der Waals surface area contributed by atoms with E-state index in [-0.39, 0.29) is 11.5 Å². The third kappa shape index (κ3) is 3.08. The summed E-state index contributed by atoms with van der Waals surface area (Å²) in [6.07, 6.45) is 0.176. The third-order valence-electron chi connectivity index (χ3n) is 2.56. The Labute approximate surface area is 113 Å². The maximum atomic E-state index is 6.37. The summed E-state index contributed by atoms with van der Waals surface area (Å²) in [5.41, 5.74) is 1.00. The van der Waals surface area contributed by atoms with E-state index >= 15 is 0 Å². The maximum absolute atomic E-state index is 6.37. The Hall–Kier alpha value is -1.41. The van der Waals surface area contributed by atoms with Crippen LogP contribution in [0.15, 0.2) is 40.8 Å². The monoisotopic (exact) mass is 264 g/mol. The normalized spacial score (nSPS) is 12.7. The van der Waals surface area contributed by atoms with Crippen LogP contribution in [0.2, 0.25) is 0 Å². The Morgan fingerprint density at radius 3 is 2.22 bits per heavy atom. The number of rotatable bonds is 4. The second kappa shape index (κ2) is 5.49. The summed E-state index contributed by atoms with van der Waals surface area (Å²) < 4.78 is 11.1. The molecule has 1 heterocycles. The molecule has 0 amide bonds. The number of furan rings is 1. The van der Waals surface area contributed by atoms with Crippen molar-refractivity contribution in [2.24, 2.45) is 0 Å².